The number of hydrogen-bond acceptors (Lipinski definition) is 3. The predicted molar refractivity (Wildman–Crippen MR) is 85.2 cm³/mol. The Morgan fingerprint density at radius 3 is 2.70 bits per heavy atom. The van der Waals surface area contributed by atoms with Gasteiger partial charge in [-0.1, -0.05) is 47.0 Å². The molecule has 1 fully saturated rings. The van der Waals surface area contributed by atoms with Crippen molar-refractivity contribution in [2.75, 3.05) is 26.4 Å². The van der Waals surface area contributed by atoms with E-state index in [-0.39, 0.29) is 5.60 Å². The molecule has 0 spiro atoms. The first kappa shape index (κ1) is 17.9. The van der Waals surface area contributed by atoms with Crippen molar-refractivity contribution < 1.29 is 9.47 Å². The van der Waals surface area contributed by atoms with Crippen molar-refractivity contribution in [1.29, 1.82) is 0 Å². The fraction of sp³-hybridized carbons (Fsp3) is 1.00. The normalized spacial score (nSPS) is 27.1. The van der Waals surface area contributed by atoms with Crippen molar-refractivity contribution >= 4 is 0 Å². The number of nitrogens with one attached hydrogen (secondary N) is 1. The minimum atomic E-state index is 0.0378. The van der Waals surface area contributed by atoms with Crippen LogP contribution in [0.3, 0.4) is 0 Å². The minimum Gasteiger partial charge on any atom is -0.379 e. The van der Waals surface area contributed by atoms with Gasteiger partial charge in [-0.05, 0) is 25.2 Å². The van der Waals surface area contributed by atoms with Crippen LogP contribution >= 0.6 is 0 Å². The Morgan fingerprint density at radius 1 is 1.25 bits per heavy atom. The van der Waals surface area contributed by atoms with Gasteiger partial charge >= 0.3 is 0 Å². The Morgan fingerprint density at radius 2 is 2.05 bits per heavy atom. The van der Waals surface area contributed by atoms with Crippen LogP contribution in [0.25, 0.3) is 0 Å². The molecule has 3 heteroatoms. The molecule has 1 rings (SSSR count). The molecule has 0 heterocycles. The van der Waals surface area contributed by atoms with E-state index in [0.717, 1.165) is 38.7 Å². The molecule has 3 nitrogen and oxygen atoms in total. The van der Waals surface area contributed by atoms with Gasteiger partial charge in [0.15, 0.2) is 0 Å². The summed E-state index contributed by atoms with van der Waals surface area (Å²) in [5, 5.41) is 3.57. The van der Waals surface area contributed by atoms with E-state index in [1.807, 2.05) is 0 Å². The van der Waals surface area contributed by atoms with Gasteiger partial charge in [0.1, 0.15) is 0 Å². The summed E-state index contributed by atoms with van der Waals surface area (Å²) in [5.41, 5.74) is 0.0378. The molecular weight excluding hydrogens is 250 g/mol. The van der Waals surface area contributed by atoms with Crippen LogP contribution in [0.4, 0.5) is 0 Å². The predicted octanol–water partition coefficient (Wildman–Crippen LogP) is 3.77. The first-order valence-corrected chi connectivity index (χ1v) is 8.53. The maximum Gasteiger partial charge on any atom is 0.0810 e. The summed E-state index contributed by atoms with van der Waals surface area (Å²) >= 11 is 0. The fourth-order valence-electron chi connectivity index (χ4n) is 3.01. The summed E-state index contributed by atoms with van der Waals surface area (Å²) in [6, 6.07) is 0.522. The molecule has 2 unspecified atom stereocenters. The quantitative estimate of drug-likeness (QED) is 0.620. The second kappa shape index (κ2) is 9.75. The molecular formula is C17H35NO2. The molecule has 1 aliphatic rings. The van der Waals surface area contributed by atoms with Gasteiger partial charge in [0.25, 0.3) is 0 Å². The minimum absolute atomic E-state index is 0.0378. The van der Waals surface area contributed by atoms with Gasteiger partial charge in [0.2, 0.25) is 0 Å². The molecule has 1 N–H and O–H groups in total. The zero-order valence-electron chi connectivity index (χ0n) is 14.0. The highest BCUT2D eigenvalue weighted by atomic mass is 16.5. The fourth-order valence-corrected chi connectivity index (χ4v) is 3.01. The molecule has 0 radical (unpaired) electrons. The van der Waals surface area contributed by atoms with Crippen LogP contribution in [0.1, 0.15) is 66.2 Å². The molecule has 0 saturated heterocycles. The number of rotatable bonds is 10. The van der Waals surface area contributed by atoms with E-state index in [0.29, 0.717) is 6.04 Å². The molecule has 1 aliphatic carbocycles. The van der Waals surface area contributed by atoms with Crippen LogP contribution in [-0.2, 0) is 9.47 Å². The van der Waals surface area contributed by atoms with Gasteiger partial charge < -0.3 is 14.8 Å². The van der Waals surface area contributed by atoms with Gasteiger partial charge in [0.05, 0.1) is 18.8 Å². The first-order valence-electron chi connectivity index (χ1n) is 8.53. The second-order valence-electron chi connectivity index (χ2n) is 6.73. The van der Waals surface area contributed by atoms with Crippen LogP contribution in [0.2, 0.25) is 0 Å². The Kier molecular flexibility index (Phi) is 8.74. The molecule has 0 aromatic carbocycles. The topological polar surface area (TPSA) is 30.5 Å². The molecule has 0 bridgehead atoms. The van der Waals surface area contributed by atoms with Crippen LogP contribution in [0.15, 0.2) is 0 Å². The Bertz CT molecular complexity index is 245. The van der Waals surface area contributed by atoms with Gasteiger partial charge in [-0.3, -0.25) is 0 Å². The molecule has 0 aromatic heterocycles. The van der Waals surface area contributed by atoms with Gasteiger partial charge in [-0.15, -0.1) is 0 Å². The van der Waals surface area contributed by atoms with E-state index < -0.39 is 0 Å². The van der Waals surface area contributed by atoms with Crippen molar-refractivity contribution in [1.82, 2.24) is 5.32 Å². The van der Waals surface area contributed by atoms with Crippen molar-refractivity contribution in [3.63, 3.8) is 0 Å². The van der Waals surface area contributed by atoms with Crippen molar-refractivity contribution in [2.24, 2.45) is 5.92 Å². The lowest BCUT2D eigenvalue weighted by Crippen LogP contribution is -2.48. The molecule has 1 saturated carbocycles. The monoisotopic (exact) mass is 285 g/mol. The molecule has 120 valence electrons. The zero-order valence-corrected chi connectivity index (χ0v) is 14.0. The van der Waals surface area contributed by atoms with Crippen molar-refractivity contribution in [3.8, 4) is 0 Å². The smallest absolute Gasteiger partial charge is 0.0810 e. The van der Waals surface area contributed by atoms with E-state index in [9.17, 15) is 0 Å². The highest BCUT2D eigenvalue weighted by Crippen LogP contribution is 2.34. The summed E-state index contributed by atoms with van der Waals surface area (Å²) in [6.45, 7) is 12.3. The number of unbranched alkanes of at least 4 members (excludes halogenated alkanes) is 1. The van der Waals surface area contributed by atoms with Gasteiger partial charge in [-0.2, -0.15) is 0 Å². The average molecular weight is 285 g/mol. The number of ether oxygens (including phenoxy) is 2. The zero-order chi connectivity index (χ0) is 14.8. The maximum atomic E-state index is 6.28. The third-order valence-electron chi connectivity index (χ3n) is 4.16. The SMILES string of the molecule is CCCCOCCOC1(CNC(C)C)CCCC(C)C1. The third-order valence-corrected chi connectivity index (χ3v) is 4.16. The molecule has 0 aliphatic heterocycles. The lowest BCUT2D eigenvalue weighted by atomic mass is 9.78. The van der Waals surface area contributed by atoms with Crippen LogP contribution in [0, 0.1) is 5.92 Å². The van der Waals surface area contributed by atoms with E-state index >= 15 is 0 Å². The lowest BCUT2D eigenvalue weighted by molar-refractivity contribution is -0.0960. The summed E-state index contributed by atoms with van der Waals surface area (Å²) < 4.78 is 11.9. The van der Waals surface area contributed by atoms with Crippen molar-refractivity contribution in [3.05, 3.63) is 0 Å². The summed E-state index contributed by atoms with van der Waals surface area (Å²) in [6.07, 6.45) is 7.35. The van der Waals surface area contributed by atoms with Crippen LogP contribution < -0.4 is 5.32 Å². The molecule has 2 atom stereocenters. The van der Waals surface area contributed by atoms with E-state index in [4.69, 9.17) is 9.47 Å². The van der Waals surface area contributed by atoms with Gasteiger partial charge in [0, 0.05) is 19.2 Å². The highest BCUT2D eigenvalue weighted by Gasteiger charge is 2.35. The maximum absolute atomic E-state index is 6.28. The van der Waals surface area contributed by atoms with E-state index in [2.05, 4.69) is 33.0 Å². The average Bonchev–Trinajstić information content (AvgIpc) is 2.41. The molecule has 0 amide bonds. The Labute approximate surface area is 125 Å². The first-order chi connectivity index (χ1) is 9.58. The summed E-state index contributed by atoms with van der Waals surface area (Å²) in [7, 11) is 0. The van der Waals surface area contributed by atoms with E-state index in [1.165, 1.54) is 32.1 Å². The van der Waals surface area contributed by atoms with Crippen LogP contribution in [0.5, 0.6) is 0 Å². The summed E-state index contributed by atoms with van der Waals surface area (Å²) in [4.78, 5) is 0. The third kappa shape index (κ3) is 7.05. The van der Waals surface area contributed by atoms with Crippen molar-refractivity contribution in [2.45, 2.75) is 77.9 Å². The molecule has 20 heavy (non-hydrogen) atoms. The lowest BCUT2D eigenvalue weighted by Gasteiger charge is -2.40. The highest BCUT2D eigenvalue weighted by molar-refractivity contribution is 4.89. The number of hydrogen-bond donors (Lipinski definition) is 1. The van der Waals surface area contributed by atoms with Gasteiger partial charge in [-0.25, -0.2) is 0 Å². The largest absolute Gasteiger partial charge is 0.379 e. The Hall–Kier alpha value is -0.120. The standard InChI is InChI=1S/C17H35NO2/c1-5-6-10-19-11-12-20-17(14-18-15(2)3)9-7-8-16(4)13-17/h15-16,18H,5-14H2,1-4H3. The Balaban J connectivity index is 2.34. The summed E-state index contributed by atoms with van der Waals surface area (Å²) in [5.74, 6) is 0.777. The van der Waals surface area contributed by atoms with E-state index in [1.54, 1.807) is 0 Å². The van der Waals surface area contributed by atoms with Crippen LogP contribution in [-0.4, -0.2) is 38.0 Å². The second-order valence-corrected chi connectivity index (χ2v) is 6.73. The molecule has 0 aromatic rings.